The summed E-state index contributed by atoms with van der Waals surface area (Å²) in [6.45, 7) is 3.15. The van der Waals surface area contributed by atoms with Crippen molar-refractivity contribution in [1.82, 2.24) is 5.32 Å². The molecule has 1 aliphatic heterocycles. The summed E-state index contributed by atoms with van der Waals surface area (Å²) in [6.07, 6.45) is 0.723. The molecule has 0 saturated carbocycles. The van der Waals surface area contributed by atoms with Crippen LogP contribution in [0.3, 0.4) is 0 Å². The zero-order valence-corrected chi connectivity index (χ0v) is 11.3. The lowest BCUT2D eigenvalue weighted by molar-refractivity contribution is 0.0886. The Labute approximate surface area is 117 Å². The second-order valence-electron chi connectivity index (χ2n) is 5.02. The van der Waals surface area contributed by atoms with Gasteiger partial charge in [-0.15, -0.1) is 0 Å². The molecule has 1 aliphatic rings. The molecule has 106 valence electrons. The summed E-state index contributed by atoms with van der Waals surface area (Å²) < 4.78 is 19.2. The molecule has 1 heterocycles. The molecule has 1 unspecified atom stereocenters. The second kappa shape index (κ2) is 6.04. The Hall–Kier alpha value is -1.90. The van der Waals surface area contributed by atoms with Crippen molar-refractivity contribution in [2.45, 2.75) is 18.9 Å². The van der Waals surface area contributed by atoms with Gasteiger partial charge in [-0.3, -0.25) is 4.79 Å². The number of rotatable bonds is 2. The van der Waals surface area contributed by atoms with Crippen LogP contribution >= 0.6 is 0 Å². The second-order valence-corrected chi connectivity index (χ2v) is 5.02. The predicted octanol–water partition coefficient (Wildman–Crippen LogP) is 1.04. The first kappa shape index (κ1) is 14.5. The van der Waals surface area contributed by atoms with Crippen LogP contribution in [0.4, 0.5) is 4.39 Å². The lowest BCUT2D eigenvalue weighted by Gasteiger charge is -2.23. The predicted molar refractivity (Wildman–Crippen MR) is 73.6 cm³/mol. The fourth-order valence-electron chi connectivity index (χ4n) is 2.04. The highest BCUT2D eigenvalue weighted by atomic mass is 19.1. The minimum Gasteiger partial charge on any atom is -0.379 e. The summed E-state index contributed by atoms with van der Waals surface area (Å²) in [4.78, 5) is 12.1. The first-order valence-electron chi connectivity index (χ1n) is 6.43. The molecule has 1 aromatic rings. The van der Waals surface area contributed by atoms with Crippen LogP contribution in [0, 0.1) is 17.7 Å². The van der Waals surface area contributed by atoms with E-state index in [1.165, 1.54) is 12.1 Å². The Balaban J connectivity index is 2.14. The van der Waals surface area contributed by atoms with E-state index in [0.717, 1.165) is 6.42 Å². The Morgan fingerprint density at radius 1 is 1.60 bits per heavy atom. The monoisotopic (exact) mass is 276 g/mol. The zero-order valence-electron chi connectivity index (χ0n) is 11.3. The van der Waals surface area contributed by atoms with E-state index in [2.05, 4.69) is 17.2 Å². The number of hydrogen-bond acceptors (Lipinski definition) is 3. The number of carbonyl (C=O) groups is 1. The van der Waals surface area contributed by atoms with Crippen molar-refractivity contribution < 1.29 is 13.9 Å². The van der Waals surface area contributed by atoms with E-state index in [-0.39, 0.29) is 12.1 Å². The smallest absolute Gasteiger partial charge is 0.254 e. The number of halogens is 1. The molecular formula is C15H17FN2O2. The number of hydrogen-bond donors (Lipinski definition) is 2. The SMILES string of the molecule is CC1(NC(=O)c2ccc(C#CCN)cc2F)CCOC1. The molecule has 3 N–H and O–H groups in total. The van der Waals surface area contributed by atoms with Crippen LogP contribution in [-0.4, -0.2) is 31.2 Å². The van der Waals surface area contributed by atoms with Gasteiger partial charge in [0.1, 0.15) is 5.82 Å². The van der Waals surface area contributed by atoms with E-state index < -0.39 is 17.3 Å². The van der Waals surface area contributed by atoms with Crippen LogP contribution in [0.1, 0.15) is 29.3 Å². The minimum atomic E-state index is -0.589. The summed E-state index contributed by atoms with van der Waals surface area (Å²) in [5.74, 6) is 4.34. The van der Waals surface area contributed by atoms with Gasteiger partial charge >= 0.3 is 0 Å². The number of nitrogens with two attached hydrogens (primary N) is 1. The van der Waals surface area contributed by atoms with E-state index >= 15 is 0 Å². The molecule has 1 amide bonds. The topological polar surface area (TPSA) is 64.4 Å². The van der Waals surface area contributed by atoms with Gasteiger partial charge < -0.3 is 15.8 Å². The third-order valence-electron chi connectivity index (χ3n) is 3.18. The third-order valence-corrected chi connectivity index (χ3v) is 3.18. The number of carbonyl (C=O) groups excluding carboxylic acids is 1. The van der Waals surface area contributed by atoms with Crippen molar-refractivity contribution in [3.8, 4) is 11.8 Å². The maximum atomic E-state index is 13.9. The van der Waals surface area contributed by atoms with E-state index in [1.54, 1.807) is 6.07 Å². The molecule has 0 aliphatic carbocycles. The highest BCUT2D eigenvalue weighted by Gasteiger charge is 2.32. The Morgan fingerprint density at radius 2 is 2.40 bits per heavy atom. The highest BCUT2D eigenvalue weighted by Crippen LogP contribution is 2.19. The lowest BCUT2D eigenvalue weighted by Crippen LogP contribution is -2.46. The van der Waals surface area contributed by atoms with Crippen molar-refractivity contribution in [2.24, 2.45) is 5.73 Å². The van der Waals surface area contributed by atoms with E-state index in [4.69, 9.17) is 10.5 Å². The molecule has 20 heavy (non-hydrogen) atoms. The Kier molecular flexibility index (Phi) is 4.38. The number of nitrogens with one attached hydrogen (secondary N) is 1. The van der Waals surface area contributed by atoms with Gasteiger partial charge in [0.2, 0.25) is 0 Å². The molecule has 0 spiro atoms. The summed E-state index contributed by atoms with van der Waals surface area (Å²) in [7, 11) is 0. The quantitative estimate of drug-likeness (QED) is 0.793. The van der Waals surface area contributed by atoms with Gasteiger partial charge in [-0.05, 0) is 31.5 Å². The molecule has 1 atom stereocenters. The maximum absolute atomic E-state index is 13.9. The zero-order chi connectivity index (χ0) is 14.6. The van der Waals surface area contributed by atoms with E-state index in [1.807, 2.05) is 6.92 Å². The van der Waals surface area contributed by atoms with Gasteiger partial charge in [-0.1, -0.05) is 11.8 Å². The lowest BCUT2D eigenvalue weighted by atomic mass is 10.0. The molecule has 0 aromatic heterocycles. The Bertz CT molecular complexity index is 569. The van der Waals surface area contributed by atoms with Crippen LogP contribution in [0.5, 0.6) is 0 Å². The number of benzene rings is 1. The fourth-order valence-corrected chi connectivity index (χ4v) is 2.04. The van der Waals surface area contributed by atoms with Gasteiger partial charge in [0.15, 0.2) is 0 Å². The average molecular weight is 276 g/mol. The molecule has 1 aromatic carbocycles. The molecule has 2 rings (SSSR count). The third kappa shape index (κ3) is 3.35. The molecule has 0 radical (unpaired) electrons. The first-order chi connectivity index (χ1) is 9.54. The van der Waals surface area contributed by atoms with Gasteiger partial charge in [-0.2, -0.15) is 0 Å². The fraction of sp³-hybridized carbons (Fsp3) is 0.400. The van der Waals surface area contributed by atoms with Crippen molar-refractivity contribution in [3.63, 3.8) is 0 Å². The van der Waals surface area contributed by atoms with Crippen molar-refractivity contribution >= 4 is 5.91 Å². The van der Waals surface area contributed by atoms with Gasteiger partial charge in [0, 0.05) is 12.2 Å². The number of amides is 1. The molecule has 0 bridgehead atoms. The molecule has 4 nitrogen and oxygen atoms in total. The van der Waals surface area contributed by atoms with Crippen LogP contribution in [0.2, 0.25) is 0 Å². The Morgan fingerprint density at radius 3 is 3.00 bits per heavy atom. The van der Waals surface area contributed by atoms with Crippen LogP contribution in [0.25, 0.3) is 0 Å². The van der Waals surface area contributed by atoms with Gasteiger partial charge in [0.25, 0.3) is 5.91 Å². The summed E-state index contributed by atoms with van der Waals surface area (Å²) in [6, 6.07) is 4.28. The van der Waals surface area contributed by atoms with Crippen LogP contribution < -0.4 is 11.1 Å². The molecule has 5 heteroatoms. The first-order valence-corrected chi connectivity index (χ1v) is 6.43. The summed E-state index contributed by atoms with van der Waals surface area (Å²) in [5, 5.41) is 2.82. The van der Waals surface area contributed by atoms with Crippen LogP contribution in [0.15, 0.2) is 18.2 Å². The normalized spacial score (nSPS) is 21.1. The highest BCUT2D eigenvalue weighted by molar-refractivity contribution is 5.95. The van der Waals surface area contributed by atoms with Crippen LogP contribution in [-0.2, 0) is 4.74 Å². The molecule has 1 fully saturated rings. The van der Waals surface area contributed by atoms with E-state index in [0.29, 0.717) is 18.8 Å². The maximum Gasteiger partial charge on any atom is 0.254 e. The number of ether oxygens (including phenoxy) is 1. The van der Waals surface area contributed by atoms with Crippen molar-refractivity contribution in [1.29, 1.82) is 0 Å². The molecule has 1 saturated heterocycles. The van der Waals surface area contributed by atoms with E-state index in [9.17, 15) is 9.18 Å². The molecular weight excluding hydrogens is 259 g/mol. The standard InChI is InChI=1S/C15H17FN2O2/c1-15(6-8-20-10-15)18-14(19)12-5-4-11(3-2-7-17)9-13(12)16/h4-5,9H,6-8,10,17H2,1H3,(H,18,19). The average Bonchev–Trinajstić information content (AvgIpc) is 2.82. The minimum absolute atomic E-state index is 0.0106. The van der Waals surface area contributed by atoms with Gasteiger partial charge in [0.05, 0.1) is 24.3 Å². The largest absolute Gasteiger partial charge is 0.379 e. The summed E-state index contributed by atoms with van der Waals surface area (Å²) >= 11 is 0. The van der Waals surface area contributed by atoms with Crippen molar-refractivity contribution in [3.05, 3.63) is 35.1 Å². The van der Waals surface area contributed by atoms with Crippen molar-refractivity contribution in [2.75, 3.05) is 19.8 Å². The van der Waals surface area contributed by atoms with Gasteiger partial charge in [-0.25, -0.2) is 4.39 Å². The summed E-state index contributed by atoms with van der Waals surface area (Å²) in [5.41, 5.74) is 5.34.